The third-order valence-electron chi connectivity index (χ3n) is 3.97. The lowest BCUT2D eigenvalue weighted by Crippen LogP contribution is -2.48. The number of benzene rings is 1. The molecular weight excluding hydrogens is 241 g/mol. The summed E-state index contributed by atoms with van der Waals surface area (Å²) in [4.78, 5) is 2.40. The van der Waals surface area contributed by atoms with Gasteiger partial charge in [0, 0.05) is 19.1 Å². The average Bonchev–Trinajstić information content (AvgIpc) is 2.33. The summed E-state index contributed by atoms with van der Waals surface area (Å²) in [5, 5.41) is 10.8. The molecular formula is C16H23FNO. The van der Waals surface area contributed by atoms with Crippen LogP contribution >= 0.6 is 0 Å². The van der Waals surface area contributed by atoms with Crippen molar-refractivity contribution in [2.75, 3.05) is 13.1 Å². The molecule has 1 aromatic carbocycles. The highest BCUT2D eigenvalue weighted by molar-refractivity contribution is 5.24. The molecule has 105 valence electrons. The molecule has 2 nitrogen and oxygen atoms in total. The van der Waals surface area contributed by atoms with Crippen LogP contribution in [0.15, 0.2) is 24.3 Å². The van der Waals surface area contributed by atoms with E-state index in [2.05, 4.69) is 25.7 Å². The monoisotopic (exact) mass is 264 g/mol. The fraction of sp³-hybridized carbons (Fsp3) is 0.562. The van der Waals surface area contributed by atoms with Crippen LogP contribution in [0.25, 0.3) is 0 Å². The molecule has 0 spiro atoms. The Kier molecular flexibility index (Phi) is 4.26. The molecule has 1 fully saturated rings. The van der Waals surface area contributed by atoms with Gasteiger partial charge < -0.3 is 5.11 Å². The summed E-state index contributed by atoms with van der Waals surface area (Å²) in [6.07, 6.45) is 1.40. The molecule has 19 heavy (non-hydrogen) atoms. The van der Waals surface area contributed by atoms with Gasteiger partial charge in [-0.3, -0.25) is 4.90 Å². The molecule has 0 saturated carbocycles. The number of aliphatic hydroxyl groups is 1. The quantitative estimate of drug-likeness (QED) is 0.906. The van der Waals surface area contributed by atoms with Crippen LogP contribution in [0.1, 0.15) is 39.2 Å². The zero-order chi connectivity index (χ0) is 14.0. The molecule has 1 aliphatic rings. The van der Waals surface area contributed by atoms with Crippen LogP contribution < -0.4 is 0 Å². The number of piperidine rings is 1. The summed E-state index contributed by atoms with van der Waals surface area (Å²) in [5.41, 5.74) is 0.0169. The van der Waals surface area contributed by atoms with E-state index in [-0.39, 0.29) is 5.82 Å². The molecule has 2 rings (SSSR count). The van der Waals surface area contributed by atoms with E-state index in [4.69, 9.17) is 0 Å². The van der Waals surface area contributed by atoms with Crippen LogP contribution in [0.4, 0.5) is 4.39 Å². The molecule has 1 N–H and O–H groups in total. The summed E-state index contributed by atoms with van der Waals surface area (Å²) in [6, 6.07) is 6.59. The van der Waals surface area contributed by atoms with Crippen molar-refractivity contribution in [1.82, 2.24) is 4.90 Å². The maximum Gasteiger partial charge on any atom is 0.123 e. The van der Waals surface area contributed by atoms with Gasteiger partial charge in [0.1, 0.15) is 5.82 Å². The Hall–Kier alpha value is -0.930. The minimum Gasteiger partial charge on any atom is -0.385 e. The molecule has 0 amide bonds. The fourth-order valence-electron chi connectivity index (χ4n) is 2.93. The lowest BCUT2D eigenvalue weighted by atomic mass is 9.81. The van der Waals surface area contributed by atoms with Gasteiger partial charge in [-0.05, 0) is 43.4 Å². The van der Waals surface area contributed by atoms with Crippen molar-refractivity contribution < 1.29 is 9.50 Å². The second-order valence-electron chi connectivity index (χ2n) is 6.02. The standard InChI is InChI=1S/C16H23FNO/c1-12(2)11-18-9-8-16(19,10-13(18)3)14-4-6-15(17)7-5-14/h4-7,13,19H,8-11H2,1-3H3. The molecule has 2 atom stereocenters. The summed E-state index contributed by atoms with van der Waals surface area (Å²) in [7, 11) is 0. The zero-order valence-corrected chi connectivity index (χ0v) is 12.0. The second kappa shape index (κ2) is 5.59. The molecule has 2 unspecified atom stereocenters. The Balaban J connectivity index is 2.09. The zero-order valence-electron chi connectivity index (χ0n) is 12.0. The smallest absolute Gasteiger partial charge is 0.123 e. The van der Waals surface area contributed by atoms with Crippen molar-refractivity contribution in [3.8, 4) is 0 Å². The number of halogens is 1. The first-order valence-electron chi connectivity index (χ1n) is 6.92. The number of hydrogen-bond donors (Lipinski definition) is 1. The predicted octanol–water partition coefficient (Wildman–Crippen LogP) is 3.11. The Morgan fingerprint density at radius 1 is 1.37 bits per heavy atom. The first-order valence-corrected chi connectivity index (χ1v) is 6.92. The van der Waals surface area contributed by atoms with Gasteiger partial charge in [0.2, 0.25) is 0 Å². The Morgan fingerprint density at radius 3 is 2.53 bits per heavy atom. The molecule has 1 heterocycles. The van der Waals surface area contributed by atoms with Crippen molar-refractivity contribution >= 4 is 0 Å². The van der Waals surface area contributed by atoms with E-state index in [0.717, 1.165) is 18.7 Å². The van der Waals surface area contributed by atoms with E-state index >= 15 is 0 Å². The molecule has 0 bridgehead atoms. The maximum absolute atomic E-state index is 13.0. The van der Waals surface area contributed by atoms with Crippen molar-refractivity contribution in [2.45, 2.75) is 45.3 Å². The lowest BCUT2D eigenvalue weighted by Gasteiger charge is -2.43. The van der Waals surface area contributed by atoms with E-state index in [1.54, 1.807) is 12.1 Å². The average molecular weight is 264 g/mol. The Labute approximate surface area is 115 Å². The van der Waals surface area contributed by atoms with Crippen molar-refractivity contribution in [2.24, 2.45) is 0 Å². The number of likely N-dealkylation sites (tertiary alicyclic amines) is 1. The van der Waals surface area contributed by atoms with Crippen LogP contribution in [0, 0.1) is 11.7 Å². The maximum atomic E-state index is 13.0. The minimum absolute atomic E-state index is 0.256. The number of rotatable bonds is 3. The van der Waals surface area contributed by atoms with Crippen molar-refractivity contribution in [3.63, 3.8) is 0 Å². The van der Waals surface area contributed by atoms with Gasteiger partial charge in [0.25, 0.3) is 0 Å². The van der Waals surface area contributed by atoms with E-state index < -0.39 is 5.60 Å². The lowest BCUT2D eigenvalue weighted by molar-refractivity contribution is -0.0465. The molecule has 1 saturated heterocycles. The summed E-state index contributed by atoms with van der Waals surface area (Å²) in [6.45, 7) is 8.28. The molecule has 0 aliphatic carbocycles. The highest BCUT2D eigenvalue weighted by atomic mass is 19.1. The molecule has 0 aromatic heterocycles. The van der Waals surface area contributed by atoms with Crippen molar-refractivity contribution in [3.05, 3.63) is 41.6 Å². The molecule has 1 aliphatic heterocycles. The summed E-state index contributed by atoms with van der Waals surface area (Å²) < 4.78 is 13.0. The van der Waals surface area contributed by atoms with Crippen molar-refractivity contribution in [1.29, 1.82) is 0 Å². The van der Waals surface area contributed by atoms with Crippen LogP contribution in [0.5, 0.6) is 0 Å². The SMILES string of the molecule is C[C](C)CN1CCC(O)(c2ccc(F)cc2)CC1C. The largest absolute Gasteiger partial charge is 0.385 e. The van der Waals surface area contributed by atoms with E-state index in [1.165, 1.54) is 18.1 Å². The highest BCUT2D eigenvalue weighted by Gasteiger charge is 2.37. The molecule has 1 aromatic rings. The van der Waals surface area contributed by atoms with Gasteiger partial charge in [-0.15, -0.1) is 0 Å². The van der Waals surface area contributed by atoms with E-state index in [9.17, 15) is 9.50 Å². The van der Waals surface area contributed by atoms with Gasteiger partial charge >= 0.3 is 0 Å². The topological polar surface area (TPSA) is 23.5 Å². The predicted molar refractivity (Wildman–Crippen MR) is 75.2 cm³/mol. The van der Waals surface area contributed by atoms with E-state index in [1.807, 2.05) is 0 Å². The Bertz CT molecular complexity index is 417. The first-order chi connectivity index (χ1) is 8.90. The Morgan fingerprint density at radius 2 is 2.00 bits per heavy atom. The van der Waals surface area contributed by atoms with Gasteiger partial charge in [-0.1, -0.05) is 26.0 Å². The van der Waals surface area contributed by atoms with Crippen LogP contribution in [-0.2, 0) is 5.60 Å². The summed E-state index contributed by atoms with van der Waals surface area (Å²) in [5.74, 6) is 1.13. The van der Waals surface area contributed by atoms with Gasteiger partial charge in [0.05, 0.1) is 5.60 Å². The molecule has 1 radical (unpaired) electrons. The number of hydrogen-bond acceptors (Lipinski definition) is 2. The third kappa shape index (κ3) is 3.34. The van der Waals surface area contributed by atoms with E-state index in [0.29, 0.717) is 18.9 Å². The number of nitrogens with zero attached hydrogens (tertiary/aromatic N) is 1. The molecule has 3 heteroatoms. The third-order valence-corrected chi connectivity index (χ3v) is 3.97. The van der Waals surface area contributed by atoms with Crippen LogP contribution in [0.2, 0.25) is 0 Å². The second-order valence-corrected chi connectivity index (χ2v) is 6.02. The van der Waals surface area contributed by atoms with Crippen LogP contribution in [-0.4, -0.2) is 29.1 Å². The first kappa shape index (κ1) is 14.5. The normalized spacial score (nSPS) is 28.8. The minimum atomic E-state index is -0.814. The summed E-state index contributed by atoms with van der Waals surface area (Å²) >= 11 is 0. The van der Waals surface area contributed by atoms with Crippen LogP contribution in [0.3, 0.4) is 0 Å². The van der Waals surface area contributed by atoms with Gasteiger partial charge in [-0.2, -0.15) is 0 Å². The fourth-order valence-corrected chi connectivity index (χ4v) is 2.93. The van der Waals surface area contributed by atoms with Gasteiger partial charge in [0.15, 0.2) is 0 Å². The highest BCUT2D eigenvalue weighted by Crippen LogP contribution is 2.36. The van der Waals surface area contributed by atoms with Gasteiger partial charge in [-0.25, -0.2) is 4.39 Å².